The van der Waals surface area contributed by atoms with Crippen LogP contribution in [-0.2, 0) is 16.0 Å². The second kappa shape index (κ2) is 8.13. The molecule has 0 spiro atoms. The number of methoxy groups -OCH3 is 1. The Morgan fingerprint density at radius 3 is 2.69 bits per heavy atom. The average molecular weight is 435 g/mol. The van der Waals surface area contributed by atoms with Crippen molar-refractivity contribution in [2.45, 2.75) is 65.7 Å². The van der Waals surface area contributed by atoms with E-state index in [-0.39, 0.29) is 34.8 Å². The number of ketones is 2. The van der Waals surface area contributed by atoms with Crippen LogP contribution in [0.5, 0.6) is 0 Å². The number of fused-ring (bicyclic) bond motifs is 2. The zero-order valence-electron chi connectivity index (χ0n) is 19.8. The van der Waals surface area contributed by atoms with Crippen molar-refractivity contribution in [1.29, 1.82) is 0 Å². The predicted octanol–water partition coefficient (Wildman–Crippen LogP) is 5.90. The molecular weight excluding hydrogens is 400 g/mol. The van der Waals surface area contributed by atoms with Gasteiger partial charge in [-0.3, -0.25) is 14.4 Å². The first-order chi connectivity index (χ1) is 15.1. The van der Waals surface area contributed by atoms with Crippen LogP contribution >= 0.6 is 0 Å². The van der Waals surface area contributed by atoms with Crippen LogP contribution in [0.2, 0.25) is 0 Å². The third-order valence-corrected chi connectivity index (χ3v) is 8.72. The maximum atomic E-state index is 12.9. The first kappa shape index (κ1) is 22.7. The summed E-state index contributed by atoms with van der Waals surface area (Å²) in [6, 6.07) is 5.61. The summed E-state index contributed by atoms with van der Waals surface area (Å²) in [6.07, 6.45) is 7.85. The molecule has 0 amide bonds. The van der Waals surface area contributed by atoms with Crippen molar-refractivity contribution in [3.63, 3.8) is 0 Å². The van der Waals surface area contributed by atoms with E-state index in [0.29, 0.717) is 16.7 Å². The topological polar surface area (TPSA) is 60.4 Å². The zero-order chi connectivity index (χ0) is 23.3. The number of allylic oxidation sites excluding steroid dienone is 3. The monoisotopic (exact) mass is 434 g/mol. The van der Waals surface area contributed by atoms with Crippen molar-refractivity contribution in [3.8, 4) is 0 Å². The summed E-state index contributed by atoms with van der Waals surface area (Å²) >= 11 is 0. The molecule has 2 saturated carbocycles. The Kier molecular flexibility index (Phi) is 5.77. The molecule has 0 aliphatic heterocycles. The minimum absolute atomic E-state index is 0.0268. The van der Waals surface area contributed by atoms with Gasteiger partial charge < -0.3 is 4.74 Å². The van der Waals surface area contributed by atoms with E-state index in [2.05, 4.69) is 20.4 Å². The molecular formula is C28H34O4. The Hall–Kier alpha value is -2.49. The van der Waals surface area contributed by atoms with Crippen LogP contribution in [0.3, 0.4) is 0 Å². The van der Waals surface area contributed by atoms with Gasteiger partial charge in [0.1, 0.15) is 0 Å². The summed E-state index contributed by atoms with van der Waals surface area (Å²) in [5, 5.41) is 0. The largest absolute Gasteiger partial charge is 0.469 e. The molecule has 4 heteroatoms. The minimum Gasteiger partial charge on any atom is -0.469 e. The SMILES string of the molecule is C=C1CC[C@@H]2[C@](C)(CCC[C@]2(C)C(=O)OC)[C@H]1CCc1cccc2c1C(=O)C(C)=CC2=O. The van der Waals surface area contributed by atoms with Crippen LogP contribution in [-0.4, -0.2) is 24.6 Å². The highest BCUT2D eigenvalue weighted by Gasteiger charge is 2.57. The highest BCUT2D eigenvalue weighted by molar-refractivity contribution is 6.24. The second-order valence-electron chi connectivity index (χ2n) is 10.5. The molecule has 170 valence electrons. The van der Waals surface area contributed by atoms with E-state index in [1.165, 1.54) is 18.8 Å². The number of ether oxygens (including phenoxy) is 1. The lowest BCUT2D eigenvalue weighted by Crippen LogP contribution is -2.53. The van der Waals surface area contributed by atoms with E-state index in [4.69, 9.17) is 4.74 Å². The van der Waals surface area contributed by atoms with Gasteiger partial charge in [0, 0.05) is 16.7 Å². The number of Topliss-reactive ketones (excluding diaryl/α,β-unsaturated/α-hetero) is 1. The van der Waals surface area contributed by atoms with Gasteiger partial charge in [0.2, 0.25) is 0 Å². The fraction of sp³-hybridized carbons (Fsp3) is 0.536. The molecule has 0 unspecified atom stereocenters. The molecule has 0 bridgehead atoms. The molecule has 0 heterocycles. The standard InChI is InChI=1S/C28H34O4/c1-17-10-13-23-27(3,14-7-15-28(23,4)26(31)32-5)21(17)12-11-19-8-6-9-20-22(29)16-18(2)25(30)24(19)20/h6,8-9,16,21,23H,1,7,10-15H2,2-5H3/t21-,23+,27+,28-/m0/s1. The van der Waals surface area contributed by atoms with Crippen molar-refractivity contribution in [2.75, 3.05) is 7.11 Å². The Morgan fingerprint density at radius 2 is 1.97 bits per heavy atom. The van der Waals surface area contributed by atoms with Gasteiger partial charge in [0.15, 0.2) is 11.6 Å². The van der Waals surface area contributed by atoms with Crippen LogP contribution in [0.1, 0.15) is 85.6 Å². The second-order valence-corrected chi connectivity index (χ2v) is 10.5. The molecule has 32 heavy (non-hydrogen) atoms. The van der Waals surface area contributed by atoms with E-state index in [0.717, 1.165) is 50.5 Å². The van der Waals surface area contributed by atoms with E-state index >= 15 is 0 Å². The summed E-state index contributed by atoms with van der Waals surface area (Å²) in [5.41, 5.74) is 3.30. The Balaban J connectivity index is 1.64. The van der Waals surface area contributed by atoms with Crippen LogP contribution in [0.25, 0.3) is 0 Å². The van der Waals surface area contributed by atoms with Crippen molar-refractivity contribution in [3.05, 3.63) is 58.7 Å². The maximum Gasteiger partial charge on any atom is 0.311 e. The van der Waals surface area contributed by atoms with Gasteiger partial charge in [0.05, 0.1) is 12.5 Å². The van der Waals surface area contributed by atoms with Crippen molar-refractivity contribution < 1.29 is 19.1 Å². The van der Waals surface area contributed by atoms with Gasteiger partial charge in [0.25, 0.3) is 0 Å². The van der Waals surface area contributed by atoms with E-state index in [1.54, 1.807) is 13.0 Å². The number of carbonyl (C=O) groups excluding carboxylic acids is 3. The third kappa shape index (κ3) is 3.39. The molecule has 1 aromatic rings. The smallest absolute Gasteiger partial charge is 0.311 e. The summed E-state index contributed by atoms with van der Waals surface area (Å²) < 4.78 is 5.24. The number of hydrogen-bond donors (Lipinski definition) is 0. The molecule has 2 fully saturated rings. The Morgan fingerprint density at radius 1 is 1.22 bits per heavy atom. The van der Waals surface area contributed by atoms with Crippen molar-refractivity contribution >= 4 is 17.5 Å². The van der Waals surface area contributed by atoms with Gasteiger partial charge >= 0.3 is 5.97 Å². The lowest BCUT2D eigenvalue weighted by Gasteiger charge is -2.57. The zero-order valence-corrected chi connectivity index (χ0v) is 19.8. The lowest BCUT2D eigenvalue weighted by molar-refractivity contribution is -0.168. The summed E-state index contributed by atoms with van der Waals surface area (Å²) in [5.74, 6) is 0.298. The maximum absolute atomic E-state index is 12.9. The molecule has 0 N–H and O–H groups in total. The van der Waals surface area contributed by atoms with E-state index in [9.17, 15) is 14.4 Å². The van der Waals surface area contributed by atoms with E-state index in [1.807, 2.05) is 12.1 Å². The fourth-order valence-corrected chi connectivity index (χ4v) is 7.08. The highest BCUT2D eigenvalue weighted by Crippen LogP contribution is 2.62. The molecule has 3 aliphatic rings. The van der Waals surface area contributed by atoms with Crippen LogP contribution < -0.4 is 0 Å². The van der Waals surface area contributed by atoms with Crippen LogP contribution in [0.4, 0.5) is 0 Å². The molecule has 3 aliphatic carbocycles. The van der Waals surface area contributed by atoms with Gasteiger partial charge in [-0.15, -0.1) is 0 Å². The van der Waals surface area contributed by atoms with Crippen molar-refractivity contribution in [2.24, 2.45) is 22.7 Å². The number of benzene rings is 1. The van der Waals surface area contributed by atoms with Crippen LogP contribution in [0, 0.1) is 22.7 Å². The first-order valence-electron chi connectivity index (χ1n) is 11.8. The molecule has 4 rings (SSSR count). The van der Waals surface area contributed by atoms with Gasteiger partial charge in [-0.2, -0.15) is 0 Å². The predicted molar refractivity (Wildman–Crippen MR) is 125 cm³/mol. The number of aryl methyl sites for hydroxylation is 1. The van der Waals surface area contributed by atoms with Gasteiger partial charge in [-0.05, 0) is 81.3 Å². The fourth-order valence-electron chi connectivity index (χ4n) is 7.08. The van der Waals surface area contributed by atoms with E-state index < -0.39 is 5.41 Å². The van der Waals surface area contributed by atoms with Gasteiger partial charge in [-0.25, -0.2) is 0 Å². The van der Waals surface area contributed by atoms with Crippen molar-refractivity contribution in [1.82, 2.24) is 0 Å². The quantitative estimate of drug-likeness (QED) is 0.437. The summed E-state index contributed by atoms with van der Waals surface area (Å²) in [6.45, 7) is 10.6. The summed E-state index contributed by atoms with van der Waals surface area (Å²) in [7, 11) is 1.49. The molecule has 4 nitrogen and oxygen atoms in total. The third-order valence-electron chi connectivity index (χ3n) is 8.72. The average Bonchev–Trinajstić information content (AvgIpc) is 2.76. The molecule has 4 atom stereocenters. The molecule has 1 aromatic carbocycles. The highest BCUT2D eigenvalue weighted by atomic mass is 16.5. The Bertz CT molecular complexity index is 1030. The minimum atomic E-state index is -0.461. The molecule has 0 radical (unpaired) electrons. The first-order valence-corrected chi connectivity index (χ1v) is 11.8. The summed E-state index contributed by atoms with van der Waals surface area (Å²) in [4.78, 5) is 38.2. The number of carbonyl (C=O) groups is 3. The van der Waals surface area contributed by atoms with Gasteiger partial charge in [-0.1, -0.05) is 43.7 Å². The molecule has 0 aromatic heterocycles. The normalized spacial score (nSPS) is 32.1. The lowest BCUT2D eigenvalue weighted by atomic mass is 9.46. The number of esters is 1. The molecule has 0 saturated heterocycles. The Labute approximate surface area is 191 Å². The number of hydrogen-bond acceptors (Lipinski definition) is 4. The number of rotatable bonds is 4. The van der Waals surface area contributed by atoms with Crippen LogP contribution in [0.15, 0.2) is 42.0 Å².